The Kier molecular flexibility index (Phi) is 5.50. The maximum atomic E-state index is 14.0. The van der Waals surface area contributed by atoms with E-state index in [-0.39, 0.29) is 41.0 Å². The van der Waals surface area contributed by atoms with Crippen molar-refractivity contribution in [2.75, 3.05) is 12.3 Å². The van der Waals surface area contributed by atoms with Crippen LogP contribution in [0.5, 0.6) is 0 Å². The van der Waals surface area contributed by atoms with E-state index in [1.807, 2.05) is 0 Å². The first-order valence-electron chi connectivity index (χ1n) is 11.3. The molecule has 198 valence electrons. The van der Waals surface area contributed by atoms with E-state index in [4.69, 9.17) is 5.73 Å². The maximum absolute atomic E-state index is 14.0. The van der Waals surface area contributed by atoms with Crippen LogP contribution in [0.4, 0.5) is 32.2 Å². The lowest BCUT2D eigenvalue weighted by Gasteiger charge is -2.31. The van der Waals surface area contributed by atoms with Gasteiger partial charge in [0.2, 0.25) is 5.60 Å². The fourth-order valence-electron chi connectivity index (χ4n) is 4.80. The number of carbonyl (C=O) groups excluding carboxylic acids is 1. The number of hydrogen-bond acceptors (Lipinski definition) is 6. The first kappa shape index (κ1) is 25.3. The minimum atomic E-state index is -5.37. The number of carbonyl (C=O) groups is 1. The average Bonchev–Trinajstić information content (AvgIpc) is 3.49. The second-order valence-electron chi connectivity index (χ2n) is 9.43. The SMILES string of the molecule is C[C@@H](C1CC1)N1Cc2cc(-c3cnc4c(N)nc(C(F)(F)F)cn34)cc(C(O)(CO)C(F)(F)F)c2C1=O. The van der Waals surface area contributed by atoms with E-state index in [9.17, 15) is 41.4 Å². The van der Waals surface area contributed by atoms with Crippen LogP contribution in [0.3, 0.4) is 0 Å². The molecule has 3 heterocycles. The largest absolute Gasteiger partial charge is 0.434 e. The minimum absolute atomic E-state index is 0.0650. The van der Waals surface area contributed by atoms with Gasteiger partial charge in [-0.25, -0.2) is 9.97 Å². The number of imidazole rings is 1. The van der Waals surface area contributed by atoms with Gasteiger partial charge in [0, 0.05) is 29.9 Å². The highest BCUT2D eigenvalue weighted by atomic mass is 19.4. The van der Waals surface area contributed by atoms with Gasteiger partial charge in [-0.2, -0.15) is 26.3 Å². The number of alkyl halides is 6. The smallest absolute Gasteiger partial charge is 0.393 e. The Labute approximate surface area is 205 Å². The van der Waals surface area contributed by atoms with Crippen LogP contribution in [-0.2, 0) is 18.3 Å². The van der Waals surface area contributed by atoms with Gasteiger partial charge in [-0.1, -0.05) is 0 Å². The Balaban J connectivity index is 1.75. The number of nitrogen functional groups attached to an aromatic ring is 1. The molecule has 37 heavy (non-hydrogen) atoms. The number of aliphatic hydroxyl groups is 2. The molecule has 4 N–H and O–H groups in total. The second-order valence-corrected chi connectivity index (χ2v) is 9.43. The van der Waals surface area contributed by atoms with E-state index in [1.54, 1.807) is 6.92 Å². The van der Waals surface area contributed by atoms with Crippen molar-refractivity contribution >= 4 is 17.4 Å². The number of rotatable bonds is 5. The quantitative estimate of drug-likeness (QED) is 0.436. The van der Waals surface area contributed by atoms with E-state index >= 15 is 0 Å². The van der Waals surface area contributed by atoms with Gasteiger partial charge in [-0.3, -0.25) is 9.20 Å². The lowest BCUT2D eigenvalue weighted by molar-refractivity contribution is -0.277. The van der Waals surface area contributed by atoms with Crippen molar-refractivity contribution in [3.05, 3.63) is 46.9 Å². The summed E-state index contributed by atoms with van der Waals surface area (Å²) in [5.74, 6) is -1.09. The molecule has 1 unspecified atom stereocenters. The zero-order chi connectivity index (χ0) is 27.1. The summed E-state index contributed by atoms with van der Waals surface area (Å²) in [6, 6.07) is 1.94. The fraction of sp³-hybridized carbons (Fsp3) is 0.435. The Bertz CT molecular complexity index is 1410. The van der Waals surface area contributed by atoms with E-state index in [2.05, 4.69) is 9.97 Å². The fourth-order valence-corrected chi connectivity index (χ4v) is 4.80. The lowest BCUT2D eigenvalue weighted by atomic mass is 9.86. The summed E-state index contributed by atoms with van der Waals surface area (Å²) in [6.45, 7) is -0.0662. The van der Waals surface area contributed by atoms with Crippen molar-refractivity contribution in [2.24, 2.45) is 5.92 Å². The predicted octanol–water partition coefficient (Wildman–Crippen LogP) is 3.49. The third-order valence-corrected chi connectivity index (χ3v) is 7.08. The first-order valence-corrected chi connectivity index (χ1v) is 11.3. The number of nitrogens with two attached hydrogens (primary N) is 1. The molecule has 14 heteroatoms. The summed E-state index contributed by atoms with van der Waals surface area (Å²) in [7, 11) is 0. The minimum Gasteiger partial charge on any atom is -0.393 e. The van der Waals surface area contributed by atoms with Crippen LogP contribution >= 0.6 is 0 Å². The van der Waals surface area contributed by atoms with Crippen LogP contribution in [-0.4, -0.2) is 54.2 Å². The molecule has 3 aromatic rings. The maximum Gasteiger partial charge on any atom is 0.434 e. The number of benzene rings is 1. The molecule has 1 saturated carbocycles. The number of fused-ring (bicyclic) bond motifs is 2. The van der Waals surface area contributed by atoms with Gasteiger partial charge in [0.25, 0.3) is 5.91 Å². The van der Waals surface area contributed by atoms with Gasteiger partial charge in [-0.05, 0) is 43.4 Å². The van der Waals surface area contributed by atoms with Crippen molar-refractivity contribution in [3.8, 4) is 11.3 Å². The van der Waals surface area contributed by atoms with E-state index < -0.39 is 53.1 Å². The summed E-state index contributed by atoms with van der Waals surface area (Å²) in [5, 5.41) is 20.3. The number of halogens is 6. The number of amides is 1. The molecule has 1 fully saturated rings. The number of aromatic nitrogens is 3. The molecule has 8 nitrogen and oxygen atoms in total. The Morgan fingerprint density at radius 1 is 1.19 bits per heavy atom. The molecule has 1 aliphatic carbocycles. The van der Waals surface area contributed by atoms with E-state index in [0.29, 0.717) is 6.20 Å². The number of aliphatic hydroxyl groups excluding tert-OH is 1. The number of nitrogens with zero attached hydrogens (tertiary/aromatic N) is 4. The van der Waals surface area contributed by atoms with Crippen LogP contribution in [0.1, 0.15) is 46.9 Å². The lowest BCUT2D eigenvalue weighted by Crippen LogP contribution is -2.47. The average molecular weight is 529 g/mol. The Morgan fingerprint density at radius 2 is 1.86 bits per heavy atom. The first-order chi connectivity index (χ1) is 17.2. The molecule has 2 aromatic heterocycles. The molecule has 1 amide bonds. The van der Waals surface area contributed by atoms with Crippen molar-refractivity contribution < 1.29 is 41.4 Å². The molecule has 0 saturated heterocycles. The van der Waals surface area contributed by atoms with Gasteiger partial charge in [0.1, 0.15) is 0 Å². The van der Waals surface area contributed by atoms with Gasteiger partial charge in [0.15, 0.2) is 17.2 Å². The highest BCUT2D eigenvalue weighted by Crippen LogP contribution is 2.46. The summed E-state index contributed by atoms with van der Waals surface area (Å²) >= 11 is 0. The molecule has 5 rings (SSSR count). The molecule has 0 spiro atoms. The van der Waals surface area contributed by atoms with E-state index in [0.717, 1.165) is 29.5 Å². The molecule has 2 aliphatic rings. The summed E-state index contributed by atoms with van der Waals surface area (Å²) in [4.78, 5) is 21.9. The number of hydrogen-bond donors (Lipinski definition) is 3. The zero-order valence-electron chi connectivity index (χ0n) is 19.2. The van der Waals surface area contributed by atoms with Crippen LogP contribution < -0.4 is 5.73 Å². The molecule has 0 bridgehead atoms. The van der Waals surface area contributed by atoms with Crippen LogP contribution in [0, 0.1) is 5.92 Å². The summed E-state index contributed by atoms with van der Waals surface area (Å²) in [6.07, 6.45) is -6.81. The van der Waals surface area contributed by atoms with E-state index in [1.165, 1.54) is 11.0 Å². The molecule has 0 radical (unpaired) electrons. The molecular weight excluding hydrogens is 508 g/mol. The third-order valence-electron chi connectivity index (χ3n) is 7.08. The molecule has 2 atom stereocenters. The molecule has 1 aromatic carbocycles. The molecule has 1 aliphatic heterocycles. The highest BCUT2D eigenvalue weighted by molar-refractivity contribution is 6.01. The highest BCUT2D eigenvalue weighted by Gasteiger charge is 2.57. The Hall–Kier alpha value is -3.39. The molecular formula is C23H21F6N5O3. The van der Waals surface area contributed by atoms with Crippen molar-refractivity contribution in [1.29, 1.82) is 0 Å². The summed E-state index contributed by atoms with van der Waals surface area (Å²) in [5.41, 5.74) is -0.967. The monoisotopic (exact) mass is 529 g/mol. The standard InChI is InChI=1S/C23H21F6N5O3/c1-10(11-2-3-11)33-7-13-4-12(5-14(17(13)20(33)36)21(37,9-35)23(27,28)29)15-6-31-19-18(30)32-16(8-34(15)19)22(24,25)26/h4-6,8,10-11,35,37H,2-3,7,9H2,1H3,(H2,30,32)/t10-,21?/m0/s1. The topological polar surface area (TPSA) is 117 Å². The second kappa shape index (κ2) is 8.05. The van der Waals surface area contributed by atoms with Crippen LogP contribution in [0.25, 0.3) is 16.9 Å². The van der Waals surface area contributed by atoms with Gasteiger partial charge >= 0.3 is 12.4 Å². The van der Waals surface area contributed by atoms with Crippen molar-refractivity contribution in [2.45, 2.75) is 50.3 Å². The van der Waals surface area contributed by atoms with Crippen LogP contribution in [0.15, 0.2) is 24.5 Å². The van der Waals surface area contributed by atoms with Gasteiger partial charge in [0.05, 0.1) is 24.1 Å². The van der Waals surface area contributed by atoms with Crippen LogP contribution in [0.2, 0.25) is 0 Å². The number of anilines is 1. The Morgan fingerprint density at radius 3 is 2.43 bits per heavy atom. The van der Waals surface area contributed by atoms with Crippen molar-refractivity contribution in [1.82, 2.24) is 19.3 Å². The van der Waals surface area contributed by atoms with Gasteiger partial charge in [-0.15, -0.1) is 0 Å². The predicted molar refractivity (Wildman–Crippen MR) is 117 cm³/mol. The zero-order valence-corrected chi connectivity index (χ0v) is 19.2. The third kappa shape index (κ3) is 3.89. The van der Waals surface area contributed by atoms with Crippen molar-refractivity contribution in [3.63, 3.8) is 0 Å². The van der Waals surface area contributed by atoms with Gasteiger partial charge < -0.3 is 20.8 Å². The normalized spacial score (nSPS) is 18.8. The summed E-state index contributed by atoms with van der Waals surface area (Å²) < 4.78 is 83.2.